The molecule has 0 amide bonds. The molecule has 0 spiro atoms. The summed E-state index contributed by atoms with van der Waals surface area (Å²) >= 11 is 0. The van der Waals surface area contributed by atoms with Crippen LogP contribution in [0.1, 0.15) is 63.9 Å². The van der Waals surface area contributed by atoms with E-state index >= 15 is 4.39 Å². The van der Waals surface area contributed by atoms with E-state index in [1.54, 1.807) is 20.0 Å². The number of methoxy groups -OCH3 is 1. The first-order valence-electron chi connectivity index (χ1n) is 16.8. The van der Waals surface area contributed by atoms with Gasteiger partial charge in [0.25, 0.3) is 0 Å². The molecule has 2 aromatic heterocycles. The number of ether oxygens (including phenoxy) is 2. The van der Waals surface area contributed by atoms with Crippen molar-refractivity contribution in [1.82, 2.24) is 19.7 Å². The van der Waals surface area contributed by atoms with E-state index in [0.717, 1.165) is 22.6 Å². The standard InChI is InChI=1S/C39H43F3N4O5S/c1-8-52(48,49)23-38(3,4)16-10-17-39(5,27-12-9-11-25(20-27)19-24(2)36(47)50-7)37-44-35(46(6)45-37)29-22-28(13-14-30(29)40)51-31-21-26-15-18-43-34(26)33(42)32(31)41/h8-9,11-15,18,20-22,24,43H,1,10,16-17,19,23H2,2-7H3/t24-,39+/m0/s1. The van der Waals surface area contributed by atoms with Crippen LogP contribution in [0.4, 0.5) is 13.2 Å². The molecule has 1 N–H and O–H groups in total. The molecule has 0 bridgehead atoms. The third-order valence-electron chi connectivity index (χ3n) is 9.44. The van der Waals surface area contributed by atoms with Gasteiger partial charge >= 0.3 is 5.97 Å². The second-order valence-corrected chi connectivity index (χ2v) is 16.2. The predicted octanol–water partition coefficient (Wildman–Crippen LogP) is 8.59. The van der Waals surface area contributed by atoms with Gasteiger partial charge in [-0.3, -0.25) is 4.79 Å². The Balaban J connectivity index is 1.52. The summed E-state index contributed by atoms with van der Waals surface area (Å²) < 4.78 is 81.9. The number of nitrogens with one attached hydrogen (secondary N) is 1. The van der Waals surface area contributed by atoms with Crippen LogP contribution >= 0.6 is 0 Å². The number of carbonyl (C=O) groups excluding carboxylic acids is 1. The molecule has 0 unspecified atom stereocenters. The number of nitrogens with zero attached hydrogens (tertiary/aromatic N) is 3. The van der Waals surface area contributed by atoms with Gasteiger partial charge in [0, 0.05) is 24.0 Å². The maximum atomic E-state index is 15.5. The van der Waals surface area contributed by atoms with Crippen molar-refractivity contribution in [3.05, 3.63) is 107 Å². The molecule has 0 aliphatic heterocycles. The zero-order valence-electron chi connectivity index (χ0n) is 30.1. The van der Waals surface area contributed by atoms with Crippen molar-refractivity contribution in [2.75, 3.05) is 12.9 Å². The summed E-state index contributed by atoms with van der Waals surface area (Å²) in [6, 6.07) is 14.5. The number of hydrogen-bond acceptors (Lipinski definition) is 7. The van der Waals surface area contributed by atoms with Crippen LogP contribution in [0.25, 0.3) is 22.3 Å². The molecule has 276 valence electrons. The summed E-state index contributed by atoms with van der Waals surface area (Å²) in [6.45, 7) is 11.0. The van der Waals surface area contributed by atoms with E-state index in [4.69, 9.17) is 19.6 Å². The first-order chi connectivity index (χ1) is 24.5. The highest BCUT2D eigenvalue weighted by Gasteiger charge is 2.36. The highest BCUT2D eigenvalue weighted by molar-refractivity contribution is 7.94. The molecule has 9 nitrogen and oxygen atoms in total. The number of sulfone groups is 1. The Labute approximate surface area is 301 Å². The zero-order chi connectivity index (χ0) is 38.0. The molecule has 0 aliphatic rings. The van der Waals surface area contributed by atoms with Crippen molar-refractivity contribution < 1.29 is 35.9 Å². The summed E-state index contributed by atoms with van der Waals surface area (Å²) in [5.41, 5.74) is 0.393. The van der Waals surface area contributed by atoms with Gasteiger partial charge in [-0.25, -0.2) is 26.9 Å². The van der Waals surface area contributed by atoms with Gasteiger partial charge in [-0.15, -0.1) is 0 Å². The molecule has 2 heterocycles. The van der Waals surface area contributed by atoms with Gasteiger partial charge in [0.15, 0.2) is 33.1 Å². The highest BCUT2D eigenvalue weighted by Crippen LogP contribution is 2.40. The van der Waals surface area contributed by atoms with Gasteiger partial charge in [-0.05, 0) is 73.1 Å². The minimum atomic E-state index is -3.43. The average molecular weight is 737 g/mol. The van der Waals surface area contributed by atoms with Gasteiger partial charge in [-0.2, -0.15) is 9.49 Å². The van der Waals surface area contributed by atoms with E-state index in [9.17, 15) is 22.0 Å². The van der Waals surface area contributed by atoms with Crippen LogP contribution in [0.3, 0.4) is 0 Å². The van der Waals surface area contributed by atoms with Gasteiger partial charge < -0.3 is 14.5 Å². The van der Waals surface area contributed by atoms with Gasteiger partial charge in [-0.1, -0.05) is 58.0 Å². The van der Waals surface area contributed by atoms with E-state index in [-0.39, 0.29) is 46.0 Å². The number of rotatable bonds is 15. The SMILES string of the molecule is C=CS(=O)(=O)CC(C)(C)CCC[C@](C)(c1cccc(C[C@H](C)C(=O)OC)c1)c1nc(-c2cc(Oc3cc4cc[nH]c4c(F)c3F)ccc2F)n(C)n1. The molecule has 52 heavy (non-hydrogen) atoms. The number of hydrogen-bond donors (Lipinski definition) is 1. The number of aromatic amines is 1. The number of carbonyl (C=O) groups is 1. The van der Waals surface area contributed by atoms with E-state index in [1.165, 1.54) is 36.2 Å². The largest absolute Gasteiger partial charge is 0.469 e. The fourth-order valence-electron chi connectivity index (χ4n) is 6.57. The maximum absolute atomic E-state index is 15.5. The fourth-order valence-corrected chi connectivity index (χ4v) is 7.92. The number of fused-ring (bicyclic) bond motifs is 1. The molecule has 5 aromatic rings. The lowest BCUT2D eigenvalue weighted by Gasteiger charge is -2.30. The zero-order valence-corrected chi connectivity index (χ0v) is 30.9. The molecular weight excluding hydrogens is 694 g/mol. The number of benzene rings is 3. The Morgan fingerprint density at radius 2 is 1.81 bits per heavy atom. The number of H-pyrrole nitrogens is 1. The molecule has 0 aliphatic carbocycles. The fraction of sp³-hybridized carbons (Fsp3) is 0.359. The Bertz CT molecular complexity index is 2230. The molecule has 0 radical (unpaired) electrons. The summed E-state index contributed by atoms with van der Waals surface area (Å²) in [6.07, 6.45) is 3.58. The van der Waals surface area contributed by atoms with Crippen LogP contribution in [0.2, 0.25) is 0 Å². The van der Waals surface area contributed by atoms with Crippen molar-refractivity contribution in [3.8, 4) is 22.9 Å². The summed E-state index contributed by atoms with van der Waals surface area (Å²) in [4.78, 5) is 19.7. The normalized spacial score (nSPS) is 13.9. The third-order valence-corrected chi connectivity index (χ3v) is 11.1. The van der Waals surface area contributed by atoms with Crippen LogP contribution in [0, 0.1) is 28.8 Å². The summed E-state index contributed by atoms with van der Waals surface area (Å²) in [7, 11) is -0.453. The van der Waals surface area contributed by atoms with E-state index < -0.39 is 38.1 Å². The van der Waals surface area contributed by atoms with Crippen LogP contribution in [0.15, 0.2) is 72.8 Å². The number of halogens is 3. The minimum absolute atomic E-state index is 0.00758. The Hall–Kier alpha value is -4.91. The lowest BCUT2D eigenvalue weighted by atomic mass is 9.75. The van der Waals surface area contributed by atoms with Crippen molar-refractivity contribution >= 4 is 26.7 Å². The summed E-state index contributed by atoms with van der Waals surface area (Å²) in [5, 5.41) is 6.15. The van der Waals surface area contributed by atoms with Gasteiger partial charge in [0.1, 0.15) is 11.6 Å². The van der Waals surface area contributed by atoms with Crippen LogP contribution in [0.5, 0.6) is 11.5 Å². The quantitative estimate of drug-likeness (QED) is 0.107. The van der Waals surface area contributed by atoms with Crippen molar-refractivity contribution in [2.24, 2.45) is 18.4 Å². The molecule has 0 saturated heterocycles. The van der Waals surface area contributed by atoms with Crippen molar-refractivity contribution in [2.45, 2.75) is 58.8 Å². The number of aromatic nitrogens is 4. The highest BCUT2D eigenvalue weighted by atomic mass is 32.2. The van der Waals surface area contributed by atoms with E-state index in [2.05, 4.69) is 11.6 Å². The molecular formula is C39H43F3N4O5S. The third kappa shape index (κ3) is 8.25. The average Bonchev–Trinajstić information content (AvgIpc) is 3.73. The number of aryl methyl sites for hydroxylation is 1. The van der Waals surface area contributed by atoms with E-state index in [0.29, 0.717) is 36.9 Å². The lowest BCUT2D eigenvalue weighted by molar-refractivity contribution is -0.144. The molecule has 5 rings (SSSR count). The Kier molecular flexibility index (Phi) is 11.0. The second kappa shape index (κ2) is 15.0. The maximum Gasteiger partial charge on any atom is 0.308 e. The molecule has 13 heteroatoms. The Morgan fingerprint density at radius 3 is 2.52 bits per heavy atom. The first kappa shape index (κ1) is 38.3. The second-order valence-electron chi connectivity index (χ2n) is 14.2. The van der Waals surface area contributed by atoms with Crippen LogP contribution in [-0.4, -0.2) is 47.0 Å². The van der Waals surface area contributed by atoms with Gasteiger partial charge in [0.2, 0.25) is 5.82 Å². The van der Waals surface area contributed by atoms with Crippen LogP contribution < -0.4 is 4.74 Å². The molecule has 0 saturated carbocycles. The van der Waals surface area contributed by atoms with Gasteiger partial charge in [0.05, 0.1) is 35.3 Å². The minimum Gasteiger partial charge on any atom is -0.469 e. The number of esters is 1. The summed E-state index contributed by atoms with van der Waals surface area (Å²) in [5.74, 6) is -3.43. The Morgan fingerprint density at radius 1 is 1.06 bits per heavy atom. The van der Waals surface area contributed by atoms with Crippen LogP contribution in [-0.2, 0) is 38.3 Å². The molecule has 3 aromatic carbocycles. The van der Waals surface area contributed by atoms with E-state index in [1.807, 2.05) is 45.0 Å². The topological polar surface area (TPSA) is 116 Å². The molecule has 0 fully saturated rings. The first-order valence-corrected chi connectivity index (χ1v) is 18.6. The monoisotopic (exact) mass is 736 g/mol. The van der Waals surface area contributed by atoms with Crippen molar-refractivity contribution in [1.29, 1.82) is 0 Å². The molecule has 2 atom stereocenters. The lowest BCUT2D eigenvalue weighted by Crippen LogP contribution is -2.28. The smallest absolute Gasteiger partial charge is 0.308 e. The predicted molar refractivity (Wildman–Crippen MR) is 194 cm³/mol. The van der Waals surface area contributed by atoms with Crippen molar-refractivity contribution in [3.63, 3.8) is 0 Å².